The van der Waals surface area contributed by atoms with Gasteiger partial charge in [-0.15, -0.1) is 0 Å². The Hall–Kier alpha value is -2.25. The van der Waals surface area contributed by atoms with Gasteiger partial charge >= 0.3 is 7.12 Å². The molecule has 2 aromatic heterocycles. The molecule has 0 aliphatic carbocycles. The molecule has 0 atom stereocenters. The van der Waals surface area contributed by atoms with E-state index in [9.17, 15) is 4.79 Å². The van der Waals surface area contributed by atoms with Crippen molar-refractivity contribution in [1.82, 2.24) is 9.97 Å². The standard InChI is InChI=1S/C18H22BN3O3/c1-12-7-6-9-21-15(12)16(23)22-13-8-10-20-14(11-13)19-24-17(2,3)18(4,5)25-19/h6-11H,1-5H3,(H,20,22,23). The van der Waals surface area contributed by atoms with Gasteiger partial charge in [0.05, 0.1) is 16.8 Å². The van der Waals surface area contributed by atoms with Crippen LogP contribution < -0.4 is 10.9 Å². The second-order valence-electron chi connectivity index (χ2n) is 7.18. The summed E-state index contributed by atoms with van der Waals surface area (Å²) >= 11 is 0. The molecule has 2 aromatic rings. The molecule has 6 nitrogen and oxygen atoms in total. The van der Waals surface area contributed by atoms with E-state index in [4.69, 9.17) is 9.31 Å². The van der Waals surface area contributed by atoms with Crippen molar-refractivity contribution < 1.29 is 14.1 Å². The van der Waals surface area contributed by atoms with Crippen molar-refractivity contribution in [3.05, 3.63) is 47.9 Å². The van der Waals surface area contributed by atoms with Crippen LogP contribution in [0, 0.1) is 6.92 Å². The van der Waals surface area contributed by atoms with Crippen molar-refractivity contribution in [2.45, 2.75) is 45.8 Å². The number of carbonyl (C=O) groups excluding carboxylic acids is 1. The number of rotatable bonds is 3. The van der Waals surface area contributed by atoms with E-state index in [-0.39, 0.29) is 5.91 Å². The maximum absolute atomic E-state index is 12.4. The summed E-state index contributed by atoms with van der Waals surface area (Å²) in [5.74, 6) is -0.260. The molecule has 7 heteroatoms. The number of amides is 1. The molecular weight excluding hydrogens is 317 g/mol. The van der Waals surface area contributed by atoms with E-state index in [1.54, 1.807) is 30.6 Å². The Kier molecular flexibility index (Phi) is 4.39. The summed E-state index contributed by atoms with van der Waals surface area (Å²) in [4.78, 5) is 20.9. The van der Waals surface area contributed by atoms with Gasteiger partial charge in [0.15, 0.2) is 0 Å². The number of nitrogens with zero attached hydrogens (tertiary/aromatic N) is 2. The second kappa shape index (κ2) is 6.24. The summed E-state index contributed by atoms with van der Waals surface area (Å²) in [6.45, 7) is 9.81. The predicted octanol–water partition coefficient (Wildman–Crippen LogP) is 2.34. The highest BCUT2D eigenvalue weighted by molar-refractivity contribution is 6.61. The smallest absolute Gasteiger partial charge is 0.398 e. The molecule has 1 fully saturated rings. The first-order valence-corrected chi connectivity index (χ1v) is 8.24. The summed E-state index contributed by atoms with van der Waals surface area (Å²) in [7, 11) is -0.571. The number of nitrogens with one attached hydrogen (secondary N) is 1. The van der Waals surface area contributed by atoms with Crippen LogP contribution >= 0.6 is 0 Å². The number of pyridine rings is 2. The van der Waals surface area contributed by atoms with E-state index in [1.807, 2.05) is 40.7 Å². The fraction of sp³-hybridized carbons (Fsp3) is 0.389. The number of carbonyl (C=O) groups is 1. The molecule has 25 heavy (non-hydrogen) atoms. The minimum atomic E-state index is -0.571. The average Bonchev–Trinajstić information content (AvgIpc) is 2.76. The third kappa shape index (κ3) is 3.43. The second-order valence-corrected chi connectivity index (χ2v) is 7.18. The summed E-state index contributed by atoms with van der Waals surface area (Å²) in [6, 6.07) is 7.14. The molecule has 1 amide bonds. The minimum absolute atomic E-state index is 0.260. The summed E-state index contributed by atoms with van der Waals surface area (Å²) in [5, 5.41) is 2.85. The zero-order valence-corrected chi connectivity index (χ0v) is 15.2. The van der Waals surface area contributed by atoms with Crippen molar-refractivity contribution in [2.75, 3.05) is 5.32 Å². The van der Waals surface area contributed by atoms with Crippen LogP contribution in [0.5, 0.6) is 0 Å². The molecule has 3 rings (SSSR count). The highest BCUT2D eigenvalue weighted by Gasteiger charge is 2.52. The molecule has 1 aliphatic rings. The molecular formula is C18H22BN3O3. The average molecular weight is 339 g/mol. The lowest BCUT2D eigenvalue weighted by atomic mass is 9.84. The maximum atomic E-state index is 12.4. The van der Waals surface area contributed by atoms with Crippen LogP contribution in [0.1, 0.15) is 43.7 Å². The van der Waals surface area contributed by atoms with E-state index in [2.05, 4.69) is 15.3 Å². The molecule has 0 radical (unpaired) electrons. The molecule has 1 N–H and O–H groups in total. The van der Waals surface area contributed by atoms with Gasteiger partial charge in [0, 0.05) is 18.1 Å². The van der Waals surface area contributed by atoms with Crippen molar-refractivity contribution in [3.8, 4) is 0 Å². The van der Waals surface area contributed by atoms with Gasteiger partial charge in [0.25, 0.3) is 5.91 Å². The first-order valence-electron chi connectivity index (χ1n) is 8.24. The molecule has 0 saturated carbocycles. The Morgan fingerprint density at radius 2 is 1.76 bits per heavy atom. The van der Waals surface area contributed by atoms with Gasteiger partial charge in [0.2, 0.25) is 0 Å². The van der Waals surface area contributed by atoms with Crippen molar-refractivity contribution in [2.24, 2.45) is 0 Å². The summed E-state index contributed by atoms with van der Waals surface area (Å²) in [5.41, 5.74) is 1.58. The Morgan fingerprint density at radius 3 is 2.40 bits per heavy atom. The Balaban J connectivity index is 1.79. The van der Waals surface area contributed by atoms with Crippen LogP contribution in [0.25, 0.3) is 0 Å². The van der Waals surface area contributed by atoms with Crippen LogP contribution in [0.2, 0.25) is 0 Å². The molecule has 0 unspecified atom stereocenters. The minimum Gasteiger partial charge on any atom is -0.398 e. The van der Waals surface area contributed by atoms with Crippen molar-refractivity contribution in [3.63, 3.8) is 0 Å². The van der Waals surface area contributed by atoms with Gasteiger partial charge in [-0.1, -0.05) is 6.07 Å². The van der Waals surface area contributed by atoms with Gasteiger partial charge in [-0.2, -0.15) is 0 Å². The molecule has 0 spiro atoms. The van der Waals surface area contributed by atoms with Gasteiger partial charge in [-0.25, -0.2) is 0 Å². The van der Waals surface area contributed by atoms with Crippen molar-refractivity contribution in [1.29, 1.82) is 0 Å². The number of aromatic nitrogens is 2. The first kappa shape index (κ1) is 17.6. The fourth-order valence-corrected chi connectivity index (χ4v) is 2.53. The zero-order chi connectivity index (χ0) is 18.2. The number of hydrogen-bond acceptors (Lipinski definition) is 5. The predicted molar refractivity (Wildman–Crippen MR) is 96.9 cm³/mol. The van der Waals surface area contributed by atoms with Crippen LogP contribution in [-0.2, 0) is 9.31 Å². The molecule has 1 aliphatic heterocycles. The van der Waals surface area contributed by atoms with E-state index >= 15 is 0 Å². The normalized spacial score (nSPS) is 18.2. The summed E-state index contributed by atoms with van der Waals surface area (Å²) in [6.07, 6.45) is 3.23. The quantitative estimate of drug-likeness (QED) is 0.869. The first-order chi connectivity index (χ1) is 11.7. The Bertz CT molecular complexity index is 792. The monoisotopic (exact) mass is 339 g/mol. The fourth-order valence-electron chi connectivity index (χ4n) is 2.53. The molecule has 0 aromatic carbocycles. The topological polar surface area (TPSA) is 73.3 Å². The van der Waals surface area contributed by atoms with Crippen LogP contribution in [0.3, 0.4) is 0 Å². The lowest BCUT2D eigenvalue weighted by Crippen LogP contribution is -2.41. The highest BCUT2D eigenvalue weighted by Crippen LogP contribution is 2.36. The van der Waals surface area contributed by atoms with E-state index in [0.29, 0.717) is 17.0 Å². The lowest BCUT2D eigenvalue weighted by Gasteiger charge is -2.32. The van der Waals surface area contributed by atoms with Gasteiger partial charge in [0.1, 0.15) is 5.69 Å². The van der Waals surface area contributed by atoms with E-state index < -0.39 is 18.3 Å². The Labute approximate surface area is 148 Å². The zero-order valence-electron chi connectivity index (χ0n) is 15.2. The molecule has 1 saturated heterocycles. The van der Waals surface area contributed by atoms with Crippen LogP contribution in [0.15, 0.2) is 36.7 Å². The van der Waals surface area contributed by atoms with E-state index in [0.717, 1.165) is 5.56 Å². The van der Waals surface area contributed by atoms with Crippen LogP contribution in [0.4, 0.5) is 5.69 Å². The third-order valence-corrected chi connectivity index (χ3v) is 4.76. The number of anilines is 1. The lowest BCUT2D eigenvalue weighted by molar-refractivity contribution is 0.00578. The van der Waals surface area contributed by atoms with Gasteiger partial charge < -0.3 is 14.6 Å². The molecule has 3 heterocycles. The highest BCUT2D eigenvalue weighted by atomic mass is 16.7. The van der Waals surface area contributed by atoms with Gasteiger partial charge in [-0.05, 0) is 58.4 Å². The Morgan fingerprint density at radius 1 is 1.08 bits per heavy atom. The SMILES string of the molecule is Cc1cccnc1C(=O)Nc1ccnc(B2OC(C)(C)C(C)(C)O2)c1. The van der Waals surface area contributed by atoms with Gasteiger partial charge in [-0.3, -0.25) is 14.8 Å². The number of hydrogen-bond donors (Lipinski definition) is 1. The molecule has 0 bridgehead atoms. The van der Waals surface area contributed by atoms with Crippen LogP contribution in [-0.4, -0.2) is 34.2 Å². The van der Waals surface area contributed by atoms with E-state index in [1.165, 1.54) is 0 Å². The number of aryl methyl sites for hydroxylation is 1. The third-order valence-electron chi connectivity index (χ3n) is 4.76. The maximum Gasteiger partial charge on any atom is 0.514 e. The molecule has 130 valence electrons. The largest absolute Gasteiger partial charge is 0.514 e. The summed E-state index contributed by atoms with van der Waals surface area (Å²) < 4.78 is 12.0. The van der Waals surface area contributed by atoms with Crippen molar-refractivity contribution >= 4 is 24.3 Å².